The van der Waals surface area contributed by atoms with Gasteiger partial charge < -0.3 is 9.52 Å². The van der Waals surface area contributed by atoms with Crippen molar-refractivity contribution in [2.24, 2.45) is 0 Å². The highest BCUT2D eigenvalue weighted by Gasteiger charge is 2.23. The molecule has 2 N–H and O–H groups in total. The first kappa shape index (κ1) is 15.7. The van der Waals surface area contributed by atoms with Gasteiger partial charge in [0.15, 0.2) is 0 Å². The summed E-state index contributed by atoms with van der Waals surface area (Å²) in [4.78, 5) is 10.7. The lowest BCUT2D eigenvalue weighted by Gasteiger charge is -2.13. The summed E-state index contributed by atoms with van der Waals surface area (Å²) in [5, 5.41) is 8.31. The minimum Gasteiger partial charge on any atom is -0.475 e. The van der Waals surface area contributed by atoms with E-state index in [4.69, 9.17) is 9.52 Å². The van der Waals surface area contributed by atoms with Crippen molar-refractivity contribution in [3.8, 4) is 0 Å². The van der Waals surface area contributed by atoms with Gasteiger partial charge in [0.2, 0.25) is 10.9 Å². The molecule has 21 heavy (non-hydrogen) atoms. The molecule has 1 atom stereocenters. The van der Waals surface area contributed by atoms with Crippen LogP contribution in [0, 0.1) is 0 Å². The van der Waals surface area contributed by atoms with Crippen molar-refractivity contribution in [1.29, 1.82) is 0 Å². The van der Waals surface area contributed by atoms with Crippen LogP contribution in [0.15, 0.2) is 50.4 Å². The van der Waals surface area contributed by atoms with Gasteiger partial charge in [-0.05, 0) is 36.8 Å². The van der Waals surface area contributed by atoms with Crippen LogP contribution in [-0.2, 0) is 10.0 Å². The molecule has 0 aliphatic carbocycles. The van der Waals surface area contributed by atoms with Crippen LogP contribution in [0.5, 0.6) is 0 Å². The maximum atomic E-state index is 12.1. The predicted molar refractivity (Wildman–Crippen MR) is 78.5 cm³/mol. The lowest BCUT2D eigenvalue weighted by Crippen LogP contribution is -2.26. The number of sulfonamides is 1. The Hall–Kier alpha value is -1.64. The summed E-state index contributed by atoms with van der Waals surface area (Å²) in [6.07, 6.45) is 0. The van der Waals surface area contributed by atoms with Gasteiger partial charge in [0.1, 0.15) is 0 Å². The van der Waals surface area contributed by atoms with Gasteiger partial charge >= 0.3 is 5.97 Å². The molecular weight excluding hydrogens is 362 g/mol. The van der Waals surface area contributed by atoms with Crippen molar-refractivity contribution in [2.45, 2.75) is 18.1 Å². The van der Waals surface area contributed by atoms with Crippen molar-refractivity contribution in [2.75, 3.05) is 0 Å². The van der Waals surface area contributed by atoms with Crippen molar-refractivity contribution in [1.82, 2.24) is 4.72 Å². The molecule has 0 fully saturated rings. The fourth-order valence-electron chi connectivity index (χ4n) is 1.69. The number of rotatable bonds is 5. The van der Waals surface area contributed by atoms with E-state index < -0.39 is 32.9 Å². The van der Waals surface area contributed by atoms with Gasteiger partial charge in [-0.3, -0.25) is 0 Å². The first-order chi connectivity index (χ1) is 9.79. The molecule has 0 aliphatic heterocycles. The first-order valence-electron chi connectivity index (χ1n) is 5.90. The number of benzene rings is 1. The number of halogens is 1. The Balaban J connectivity index is 2.20. The quantitative estimate of drug-likeness (QED) is 0.839. The van der Waals surface area contributed by atoms with E-state index in [1.807, 2.05) is 0 Å². The molecule has 1 unspecified atom stereocenters. The number of carboxylic acid groups (broad SMARTS) is 1. The van der Waals surface area contributed by atoms with E-state index in [-0.39, 0.29) is 0 Å². The molecule has 1 aromatic carbocycles. The average Bonchev–Trinajstić information content (AvgIpc) is 2.89. The summed E-state index contributed by atoms with van der Waals surface area (Å²) >= 11 is 3.30. The average molecular weight is 374 g/mol. The highest BCUT2D eigenvalue weighted by molar-refractivity contribution is 9.10. The zero-order valence-electron chi connectivity index (χ0n) is 10.9. The van der Waals surface area contributed by atoms with Crippen LogP contribution in [0.4, 0.5) is 0 Å². The third kappa shape index (κ3) is 3.72. The molecule has 0 spiro atoms. The number of furan rings is 1. The molecule has 1 aromatic heterocycles. The maximum Gasteiger partial charge on any atom is 0.371 e. The van der Waals surface area contributed by atoms with Crippen molar-refractivity contribution < 1.29 is 22.7 Å². The monoisotopic (exact) mass is 373 g/mol. The third-order valence-electron chi connectivity index (χ3n) is 2.76. The van der Waals surface area contributed by atoms with Crippen molar-refractivity contribution in [3.05, 3.63) is 52.2 Å². The number of hydrogen-bond acceptors (Lipinski definition) is 4. The maximum absolute atomic E-state index is 12.1. The molecule has 1 heterocycles. The Morgan fingerprint density at radius 2 is 1.86 bits per heavy atom. The van der Waals surface area contributed by atoms with Crippen LogP contribution in [0.3, 0.4) is 0 Å². The highest BCUT2D eigenvalue weighted by atomic mass is 79.9. The molecule has 0 bridgehead atoms. The van der Waals surface area contributed by atoms with E-state index in [0.717, 1.165) is 22.2 Å². The topological polar surface area (TPSA) is 96.6 Å². The summed E-state index contributed by atoms with van der Waals surface area (Å²) in [6, 6.07) is 8.89. The van der Waals surface area contributed by atoms with Crippen LogP contribution >= 0.6 is 15.9 Å². The highest BCUT2D eigenvalue weighted by Crippen LogP contribution is 2.20. The summed E-state index contributed by atoms with van der Waals surface area (Å²) in [5.74, 6) is -1.75. The van der Waals surface area contributed by atoms with E-state index in [9.17, 15) is 13.2 Å². The molecule has 6 nitrogen and oxygen atoms in total. The number of nitrogens with one attached hydrogen (secondary N) is 1. The van der Waals surface area contributed by atoms with Gasteiger partial charge in [0.05, 0.1) is 0 Å². The smallest absolute Gasteiger partial charge is 0.371 e. The normalized spacial score (nSPS) is 13.0. The van der Waals surface area contributed by atoms with E-state index in [0.29, 0.717) is 0 Å². The lowest BCUT2D eigenvalue weighted by atomic mass is 10.1. The molecule has 2 aromatic rings. The van der Waals surface area contributed by atoms with Crippen LogP contribution < -0.4 is 4.72 Å². The molecule has 0 aliphatic rings. The largest absolute Gasteiger partial charge is 0.475 e. The molecule has 8 heteroatoms. The zero-order chi connectivity index (χ0) is 15.6. The van der Waals surface area contributed by atoms with Crippen LogP contribution in [0.2, 0.25) is 0 Å². The van der Waals surface area contributed by atoms with Crippen LogP contribution in [0.25, 0.3) is 0 Å². The van der Waals surface area contributed by atoms with Gasteiger partial charge in [0, 0.05) is 10.5 Å². The molecule has 112 valence electrons. The van der Waals surface area contributed by atoms with Crippen LogP contribution in [-0.4, -0.2) is 19.5 Å². The fourth-order valence-corrected chi connectivity index (χ4v) is 3.12. The Bertz CT molecular complexity index is 751. The molecule has 0 radical (unpaired) electrons. The van der Waals surface area contributed by atoms with Crippen molar-refractivity contribution >= 4 is 31.9 Å². The molecule has 0 saturated carbocycles. The SMILES string of the molecule is CC(NS(=O)(=O)c1ccc(C(=O)O)o1)c1ccc(Br)cc1. The van der Waals surface area contributed by atoms with Gasteiger partial charge in [-0.1, -0.05) is 28.1 Å². The lowest BCUT2D eigenvalue weighted by molar-refractivity contribution is 0.0656. The second kappa shape index (κ2) is 6.00. The summed E-state index contributed by atoms with van der Waals surface area (Å²) in [6.45, 7) is 1.68. The van der Waals surface area contributed by atoms with Crippen LogP contribution in [0.1, 0.15) is 29.1 Å². The molecular formula is C13H12BrNO5S. The zero-order valence-corrected chi connectivity index (χ0v) is 13.3. The molecule has 0 saturated heterocycles. The Morgan fingerprint density at radius 1 is 1.24 bits per heavy atom. The number of carbonyl (C=O) groups is 1. The van der Waals surface area contributed by atoms with E-state index >= 15 is 0 Å². The second-order valence-electron chi connectivity index (χ2n) is 4.32. The Kier molecular flexibility index (Phi) is 4.50. The summed E-state index contributed by atoms with van der Waals surface area (Å²) < 4.78 is 32.3. The predicted octanol–water partition coefficient (Wildman–Crippen LogP) is 2.78. The van der Waals surface area contributed by atoms with E-state index in [1.54, 1.807) is 31.2 Å². The second-order valence-corrected chi connectivity index (χ2v) is 6.88. The van der Waals surface area contributed by atoms with Gasteiger partial charge in [-0.15, -0.1) is 0 Å². The van der Waals surface area contributed by atoms with Crippen molar-refractivity contribution in [3.63, 3.8) is 0 Å². The summed E-state index contributed by atoms with van der Waals surface area (Å²) in [7, 11) is -3.92. The number of hydrogen-bond donors (Lipinski definition) is 2. The van der Waals surface area contributed by atoms with Gasteiger partial charge in [-0.2, -0.15) is 0 Å². The van der Waals surface area contributed by atoms with E-state index in [2.05, 4.69) is 20.7 Å². The third-order valence-corrected chi connectivity index (χ3v) is 4.70. The minimum absolute atomic E-state index is 0.424. The minimum atomic E-state index is -3.92. The molecule has 0 amide bonds. The summed E-state index contributed by atoms with van der Waals surface area (Å²) in [5.41, 5.74) is 0.770. The van der Waals surface area contributed by atoms with E-state index in [1.165, 1.54) is 0 Å². The number of carboxylic acids is 1. The van der Waals surface area contributed by atoms with Gasteiger partial charge in [-0.25, -0.2) is 17.9 Å². The Morgan fingerprint density at radius 3 is 2.38 bits per heavy atom. The standard InChI is InChI=1S/C13H12BrNO5S/c1-8(9-2-4-10(14)5-3-9)15-21(18,19)12-7-6-11(20-12)13(16)17/h2-8,15H,1H3,(H,16,17). The van der Waals surface area contributed by atoms with Gasteiger partial charge in [0.25, 0.3) is 10.0 Å². The molecule has 2 rings (SSSR count). The first-order valence-corrected chi connectivity index (χ1v) is 8.18. The number of aromatic carboxylic acids is 1. The fraction of sp³-hybridized carbons (Fsp3) is 0.154. The Labute approximate surface area is 130 Å².